The summed E-state index contributed by atoms with van der Waals surface area (Å²) in [5.41, 5.74) is 1.30. The summed E-state index contributed by atoms with van der Waals surface area (Å²) in [6, 6.07) is 12.8. The number of aromatic nitrogens is 1. The molecule has 0 radical (unpaired) electrons. The second-order valence-corrected chi connectivity index (χ2v) is 4.84. The van der Waals surface area contributed by atoms with Gasteiger partial charge in [0.2, 0.25) is 0 Å². The van der Waals surface area contributed by atoms with Gasteiger partial charge < -0.3 is 5.11 Å². The third kappa shape index (κ3) is 2.62. The van der Waals surface area contributed by atoms with Crippen LogP contribution in [0.4, 0.5) is 8.78 Å². The number of hydrogen-bond acceptors (Lipinski definition) is 2. The number of rotatable bonds is 3. The summed E-state index contributed by atoms with van der Waals surface area (Å²) < 4.78 is 27.4. The van der Waals surface area contributed by atoms with E-state index in [4.69, 9.17) is 0 Å². The first-order chi connectivity index (χ1) is 10.2. The van der Waals surface area contributed by atoms with Gasteiger partial charge in [-0.2, -0.15) is 0 Å². The number of aliphatic hydroxyl groups excluding tert-OH is 1. The normalized spacial score (nSPS) is 12.5. The van der Waals surface area contributed by atoms with Gasteiger partial charge in [-0.3, -0.25) is 4.98 Å². The molecular formula is C17H13F2NO. The Kier molecular flexibility index (Phi) is 3.62. The monoisotopic (exact) mass is 285 g/mol. The van der Waals surface area contributed by atoms with Crippen molar-refractivity contribution in [2.24, 2.45) is 0 Å². The van der Waals surface area contributed by atoms with E-state index in [2.05, 4.69) is 4.98 Å². The highest BCUT2D eigenvalue weighted by Crippen LogP contribution is 2.26. The van der Waals surface area contributed by atoms with Crippen LogP contribution in [0.1, 0.15) is 17.2 Å². The lowest BCUT2D eigenvalue weighted by Crippen LogP contribution is -2.07. The second-order valence-electron chi connectivity index (χ2n) is 4.84. The zero-order valence-corrected chi connectivity index (χ0v) is 11.1. The van der Waals surface area contributed by atoms with Crippen LogP contribution in [0.3, 0.4) is 0 Å². The minimum absolute atomic E-state index is 0.126. The molecule has 2 aromatic carbocycles. The predicted octanol–water partition coefficient (Wildman–Crippen LogP) is 3.79. The molecule has 0 aliphatic heterocycles. The van der Waals surface area contributed by atoms with Crippen molar-refractivity contribution in [3.8, 4) is 0 Å². The van der Waals surface area contributed by atoms with E-state index in [9.17, 15) is 13.9 Å². The van der Waals surface area contributed by atoms with Crippen LogP contribution in [0.2, 0.25) is 0 Å². The molecule has 1 heterocycles. The van der Waals surface area contributed by atoms with E-state index in [1.165, 1.54) is 6.07 Å². The number of pyridine rings is 1. The summed E-state index contributed by atoms with van der Waals surface area (Å²) in [7, 11) is 0. The molecule has 0 amide bonds. The minimum atomic E-state index is -1.24. The van der Waals surface area contributed by atoms with Crippen molar-refractivity contribution >= 4 is 10.9 Å². The van der Waals surface area contributed by atoms with Gasteiger partial charge in [0.1, 0.15) is 11.6 Å². The van der Waals surface area contributed by atoms with Crippen LogP contribution in [0, 0.1) is 11.6 Å². The minimum Gasteiger partial charge on any atom is -0.388 e. The maximum atomic E-state index is 13.7. The average molecular weight is 285 g/mol. The number of benzene rings is 2. The van der Waals surface area contributed by atoms with Crippen molar-refractivity contribution < 1.29 is 13.9 Å². The van der Waals surface area contributed by atoms with Gasteiger partial charge in [0.15, 0.2) is 0 Å². The van der Waals surface area contributed by atoms with Gasteiger partial charge in [0.25, 0.3) is 0 Å². The van der Waals surface area contributed by atoms with E-state index in [0.717, 1.165) is 28.6 Å². The molecule has 3 aromatic rings. The number of hydrogen-bond donors (Lipinski definition) is 1. The van der Waals surface area contributed by atoms with Gasteiger partial charge in [-0.1, -0.05) is 24.3 Å². The van der Waals surface area contributed by atoms with Crippen LogP contribution < -0.4 is 0 Å². The second kappa shape index (κ2) is 5.58. The SMILES string of the molecule is OC(Cc1ccnc2ccccc12)c1c(F)cccc1F. The van der Waals surface area contributed by atoms with Gasteiger partial charge in [0, 0.05) is 18.0 Å². The molecule has 0 saturated carbocycles. The Morgan fingerprint density at radius 3 is 2.43 bits per heavy atom. The van der Waals surface area contributed by atoms with Gasteiger partial charge >= 0.3 is 0 Å². The number of fused-ring (bicyclic) bond motifs is 1. The molecule has 1 unspecified atom stereocenters. The first-order valence-electron chi connectivity index (χ1n) is 6.61. The Morgan fingerprint density at radius 1 is 0.952 bits per heavy atom. The predicted molar refractivity (Wildman–Crippen MR) is 76.8 cm³/mol. The van der Waals surface area contributed by atoms with Crippen LogP contribution in [-0.4, -0.2) is 10.1 Å². The average Bonchev–Trinajstić information content (AvgIpc) is 2.47. The fourth-order valence-electron chi connectivity index (χ4n) is 2.47. The standard InChI is InChI=1S/C17H13F2NO/c18-13-5-3-6-14(19)17(13)16(21)10-11-8-9-20-15-7-2-1-4-12(11)15/h1-9,16,21H,10H2. The van der Waals surface area contributed by atoms with Crippen molar-refractivity contribution in [1.82, 2.24) is 4.98 Å². The van der Waals surface area contributed by atoms with Crippen LogP contribution in [0.5, 0.6) is 0 Å². The van der Waals surface area contributed by atoms with Crippen LogP contribution in [0.25, 0.3) is 10.9 Å². The largest absolute Gasteiger partial charge is 0.388 e. The maximum Gasteiger partial charge on any atom is 0.131 e. The molecule has 106 valence electrons. The first kappa shape index (κ1) is 13.6. The molecule has 1 atom stereocenters. The lowest BCUT2D eigenvalue weighted by molar-refractivity contribution is 0.168. The van der Waals surface area contributed by atoms with Crippen molar-refractivity contribution in [2.45, 2.75) is 12.5 Å². The molecule has 2 nitrogen and oxygen atoms in total. The van der Waals surface area contributed by atoms with Gasteiger partial charge in [-0.15, -0.1) is 0 Å². The van der Waals surface area contributed by atoms with Crippen LogP contribution in [0.15, 0.2) is 54.7 Å². The van der Waals surface area contributed by atoms with Crippen molar-refractivity contribution in [1.29, 1.82) is 0 Å². The first-order valence-corrected chi connectivity index (χ1v) is 6.61. The summed E-state index contributed by atoms with van der Waals surface area (Å²) in [5, 5.41) is 11.1. The third-order valence-electron chi connectivity index (χ3n) is 3.49. The van der Waals surface area contributed by atoms with Crippen molar-refractivity contribution in [2.75, 3.05) is 0 Å². The van der Waals surface area contributed by atoms with Gasteiger partial charge in [-0.25, -0.2) is 8.78 Å². The fourth-order valence-corrected chi connectivity index (χ4v) is 2.47. The van der Waals surface area contributed by atoms with E-state index in [1.54, 1.807) is 12.3 Å². The van der Waals surface area contributed by atoms with E-state index in [0.29, 0.717) is 0 Å². The van der Waals surface area contributed by atoms with E-state index >= 15 is 0 Å². The molecule has 0 saturated heterocycles. The molecule has 0 fully saturated rings. The Hall–Kier alpha value is -2.33. The number of nitrogens with zero attached hydrogens (tertiary/aromatic N) is 1. The smallest absolute Gasteiger partial charge is 0.131 e. The fraction of sp³-hybridized carbons (Fsp3) is 0.118. The quantitative estimate of drug-likeness (QED) is 0.794. The molecule has 0 aliphatic rings. The molecule has 0 bridgehead atoms. The Balaban J connectivity index is 1.99. The number of aliphatic hydroxyl groups is 1. The lowest BCUT2D eigenvalue weighted by Gasteiger charge is -2.14. The Morgan fingerprint density at radius 2 is 1.67 bits per heavy atom. The lowest BCUT2D eigenvalue weighted by atomic mass is 9.98. The highest BCUT2D eigenvalue weighted by Gasteiger charge is 2.19. The molecule has 0 aliphatic carbocycles. The van der Waals surface area contributed by atoms with Crippen LogP contribution in [-0.2, 0) is 6.42 Å². The molecule has 0 spiro atoms. The summed E-state index contributed by atoms with van der Waals surface area (Å²) >= 11 is 0. The highest BCUT2D eigenvalue weighted by atomic mass is 19.1. The molecule has 1 aromatic heterocycles. The highest BCUT2D eigenvalue weighted by molar-refractivity contribution is 5.81. The molecule has 4 heteroatoms. The van der Waals surface area contributed by atoms with E-state index in [1.807, 2.05) is 24.3 Å². The number of halogens is 2. The summed E-state index contributed by atoms with van der Waals surface area (Å²) in [5.74, 6) is -1.47. The van der Waals surface area contributed by atoms with Crippen LogP contribution >= 0.6 is 0 Å². The molecule has 1 N–H and O–H groups in total. The van der Waals surface area contributed by atoms with E-state index < -0.39 is 17.7 Å². The van der Waals surface area contributed by atoms with Gasteiger partial charge in [0.05, 0.1) is 17.2 Å². The molecule has 3 rings (SSSR count). The summed E-state index contributed by atoms with van der Waals surface area (Å²) in [4.78, 5) is 4.23. The van der Waals surface area contributed by atoms with E-state index in [-0.39, 0.29) is 12.0 Å². The zero-order chi connectivity index (χ0) is 14.8. The topological polar surface area (TPSA) is 33.1 Å². The third-order valence-corrected chi connectivity index (χ3v) is 3.49. The number of para-hydroxylation sites is 1. The molecular weight excluding hydrogens is 272 g/mol. The summed E-state index contributed by atoms with van der Waals surface area (Å²) in [6.07, 6.45) is 0.514. The summed E-state index contributed by atoms with van der Waals surface area (Å²) in [6.45, 7) is 0. The van der Waals surface area contributed by atoms with Crippen molar-refractivity contribution in [3.63, 3.8) is 0 Å². The maximum absolute atomic E-state index is 13.7. The molecule has 21 heavy (non-hydrogen) atoms. The zero-order valence-electron chi connectivity index (χ0n) is 11.1. The Labute approximate surface area is 120 Å². The van der Waals surface area contributed by atoms with Crippen molar-refractivity contribution in [3.05, 3.63) is 77.5 Å². The Bertz CT molecular complexity index is 763. The van der Waals surface area contributed by atoms with Gasteiger partial charge in [-0.05, 0) is 29.8 Å².